The Hall–Kier alpha value is -1.35. The maximum Gasteiger partial charge on any atom is 0.338 e. The summed E-state index contributed by atoms with van der Waals surface area (Å²) in [4.78, 5) is 12.3. The maximum absolute atomic E-state index is 12.3. The molecule has 0 radical (unpaired) electrons. The van der Waals surface area contributed by atoms with Crippen molar-refractivity contribution in [3.05, 3.63) is 35.9 Å². The molecular weight excluding hydrogens is 264 g/mol. The Morgan fingerprint density at radius 2 is 1.90 bits per heavy atom. The molecule has 3 nitrogen and oxygen atoms in total. The second-order valence-corrected chi connectivity index (χ2v) is 5.91. The van der Waals surface area contributed by atoms with Crippen molar-refractivity contribution >= 4 is 5.97 Å². The lowest BCUT2D eigenvalue weighted by atomic mass is 9.66. The van der Waals surface area contributed by atoms with E-state index in [9.17, 15) is 9.90 Å². The van der Waals surface area contributed by atoms with Gasteiger partial charge in [0, 0.05) is 5.92 Å². The molecule has 1 aliphatic carbocycles. The van der Waals surface area contributed by atoms with E-state index in [2.05, 4.69) is 12.1 Å². The summed E-state index contributed by atoms with van der Waals surface area (Å²) in [6.45, 7) is 3.96. The molecule has 116 valence electrons. The second-order valence-electron chi connectivity index (χ2n) is 5.91. The van der Waals surface area contributed by atoms with Gasteiger partial charge in [-0.2, -0.15) is 0 Å². The number of ether oxygens (including phenoxy) is 1. The molecule has 0 aliphatic heterocycles. The fourth-order valence-corrected chi connectivity index (χ4v) is 3.62. The van der Waals surface area contributed by atoms with Crippen molar-refractivity contribution in [3.63, 3.8) is 0 Å². The first-order valence-electron chi connectivity index (χ1n) is 8.08. The van der Waals surface area contributed by atoms with E-state index in [1.165, 1.54) is 5.56 Å². The van der Waals surface area contributed by atoms with Gasteiger partial charge < -0.3 is 9.84 Å². The minimum absolute atomic E-state index is 0.0577. The molecule has 1 aliphatic rings. The number of esters is 1. The Balaban J connectivity index is 2.30. The second kappa shape index (κ2) is 7.08. The molecule has 0 saturated heterocycles. The highest BCUT2D eigenvalue weighted by molar-refractivity contribution is 5.79. The van der Waals surface area contributed by atoms with E-state index in [0.29, 0.717) is 13.0 Å². The van der Waals surface area contributed by atoms with E-state index < -0.39 is 11.6 Å². The van der Waals surface area contributed by atoms with E-state index in [4.69, 9.17) is 4.74 Å². The Labute approximate surface area is 127 Å². The first-order valence-corrected chi connectivity index (χ1v) is 8.08. The molecule has 3 atom stereocenters. The lowest BCUT2D eigenvalue weighted by Gasteiger charge is -2.41. The summed E-state index contributed by atoms with van der Waals surface area (Å²) in [6.07, 6.45) is 4.52. The van der Waals surface area contributed by atoms with Gasteiger partial charge in [0.15, 0.2) is 5.60 Å². The fraction of sp³-hybridized carbons (Fsp3) is 0.611. The molecule has 0 bridgehead atoms. The molecule has 0 heterocycles. The zero-order valence-electron chi connectivity index (χ0n) is 13.0. The van der Waals surface area contributed by atoms with Crippen molar-refractivity contribution in [2.24, 2.45) is 5.92 Å². The monoisotopic (exact) mass is 290 g/mol. The fourth-order valence-electron chi connectivity index (χ4n) is 3.62. The van der Waals surface area contributed by atoms with Crippen LogP contribution in [0.5, 0.6) is 0 Å². The van der Waals surface area contributed by atoms with E-state index in [1.54, 1.807) is 6.92 Å². The highest BCUT2D eigenvalue weighted by Crippen LogP contribution is 2.45. The van der Waals surface area contributed by atoms with E-state index in [1.807, 2.05) is 25.1 Å². The summed E-state index contributed by atoms with van der Waals surface area (Å²) in [5.74, 6) is -0.285. The van der Waals surface area contributed by atoms with Crippen LogP contribution in [-0.2, 0) is 9.53 Å². The van der Waals surface area contributed by atoms with Gasteiger partial charge >= 0.3 is 5.97 Å². The molecule has 0 aromatic heterocycles. The quantitative estimate of drug-likeness (QED) is 0.842. The average molecular weight is 290 g/mol. The molecule has 1 aromatic carbocycles. The van der Waals surface area contributed by atoms with Crippen LogP contribution >= 0.6 is 0 Å². The van der Waals surface area contributed by atoms with Crippen LogP contribution in [0.25, 0.3) is 0 Å². The number of carbonyl (C=O) groups excluding carboxylic acids is 1. The summed E-state index contributed by atoms with van der Waals surface area (Å²) in [5.41, 5.74) is -0.143. The molecule has 21 heavy (non-hydrogen) atoms. The number of benzene rings is 1. The largest absolute Gasteiger partial charge is 0.464 e. The van der Waals surface area contributed by atoms with Gasteiger partial charge in [0.25, 0.3) is 0 Å². The summed E-state index contributed by atoms with van der Waals surface area (Å²) >= 11 is 0. The molecule has 2 rings (SSSR count). The SMILES string of the molecule is CCOC(=O)C(O)(CC)C1CCCCC1c1ccccc1. The minimum Gasteiger partial charge on any atom is -0.464 e. The van der Waals surface area contributed by atoms with Crippen LogP contribution in [0.15, 0.2) is 30.3 Å². The number of aliphatic hydroxyl groups is 1. The van der Waals surface area contributed by atoms with Gasteiger partial charge in [-0.3, -0.25) is 0 Å². The lowest BCUT2D eigenvalue weighted by Crippen LogP contribution is -2.49. The topological polar surface area (TPSA) is 46.5 Å². The molecule has 1 saturated carbocycles. The van der Waals surface area contributed by atoms with Gasteiger partial charge in [0.1, 0.15) is 0 Å². The molecule has 3 heteroatoms. The van der Waals surface area contributed by atoms with Crippen LogP contribution in [0.2, 0.25) is 0 Å². The van der Waals surface area contributed by atoms with Crippen LogP contribution < -0.4 is 0 Å². The smallest absolute Gasteiger partial charge is 0.338 e. The Kier molecular flexibility index (Phi) is 5.40. The van der Waals surface area contributed by atoms with Crippen molar-refractivity contribution in [1.29, 1.82) is 0 Å². The molecule has 1 aromatic rings. The standard InChI is InChI=1S/C18H26O3/c1-3-18(20,17(19)21-4-2)16-13-9-8-12-15(16)14-10-6-5-7-11-14/h5-7,10-11,15-16,20H,3-4,8-9,12-13H2,1-2H3. The molecule has 3 unspecified atom stereocenters. The third-order valence-electron chi connectivity index (χ3n) is 4.78. The van der Waals surface area contributed by atoms with Gasteiger partial charge in [0.2, 0.25) is 0 Å². The van der Waals surface area contributed by atoms with Gasteiger partial charge in [-0.05, 0) is 37.7 Å². The third-order valence-corrected chi connectivity index (χ3v) is 4.78. The zero-order chi connectivity index (χ0) is 15.3. The van der Waals surface area contributed by atoms with Crippen LogP contribution in [0, 0.1) is 5.92 Å². The Morgan fingerprint density at radius 1 is 1.24 bits per heavy atom. The van der Waals surface area contributed by atoms with Crippen molar-refractivity contribution in [2.75, 3.05) is 6.61 Å². The predicted octanol–water partition coefficient (Wildman–Crippen LogP) is 3.66. The molecule has 1 fully saturated rings. The van der Waals surface area contributed by atoms with Gasteiger partial charge in [0.05, 0.1) is 6.61 Å². The van der Waals surface area contributed by atoms with Crippen molar-refractivity contribution in [3.8, 4) is 0 Å². The molecule has 0 amide bonds. The van der Waals surface area contributed by atoms with Crippen LogP contribution in [0.4, 0.5) is 0 Å². The van der Waals surface area contributed by atoms with Crippen LogP contribution in [0.1, 0.15) is 57.4 Å². The van der Waals surface area contributed by atoms with Crippen LogP contribution in [-0.4, -0.2) is 23.3 Å². The van der Waals surface area contributed by atoms with Gasteiger partial charge in [-0.1, -0.05) is 50.1 Å². The first-order chi connectivity index (χ1) is 10.1. The number of carbonyl (C=O) groups is 1. The van der Waals surface area contributed by atoms with E-state index >= 15 is 0 Å². The Morgan fingerprint density at radius 3 is 2.52 bits per heavy atom. The van der Waals surface area contributed by atoms with Crippen LogP contribution in [0.3, 0.4) is 0 Å². The molecule has 1 N–H and O–H groups in total. The predicted molar refractivity (Wildman–Crippen MR) is 83.0 cm³/mol. The Bertz CT molecular complexity index is 457. The highest BCUT2D eigenvalue weighted by atomic mass is 16.5. The lowest BCUT2D eigenvalue weighted by molar-refractivity contribution is -0.174. The van der Waals surface area contributed by atoms with Crippen molar-refractivity contribution in [2.45, 2.75) is 57.5 Å². The van der Waals surface area contributed by atoms with Crippen molar-refractivity contribution in [1.82, 2.24) is 0 Å². The summed E-state index contributed by atoms with van der Waals surface area (Å²) in [6, 6.07) is 10.2. The average Bonchev–Trinajstić information content (AvgIpc) is 2.55. The zero-order valence-corrected chi connectivity index (χ0v) is 13.0. The summed E-state index contributed by atoms with van der Waals surface area (Å²) in [7, 11) is 0. The number of hydrogen-bond donors (Lipinski definition) is 1. The maximum atomic E-state index is 12.3. The highest BCUT2D eigenvalue weighted by Gasteiger charge is 2.48. The molecular formula is C18H26O3. The van der Waals surface area contributed by atoms with E-state index in [0.717, 1.165) is 25.7 Å². The molecule has 0 spiro atoms. The normalized spacial score (nSPS) is 25.1. The first kappa shape index (κ1) is 16.0. The van der Waals surface area contributed by atoms with Gasteiger partial charge in [-0.25, -0.2) is 4.79 Å². The third kappa shape index (κ3) is 3.29. The number of rotatable bonds is 5. The van der Waals surface area contributed by atoms with E-state index in [-0.39, 0.29) is 11.8 Å². The summed E-state index contributed by atoms with van der Waals surface area (Å²) < 4.78 is 5.15. The minimum atomic E-state index is -1.36. The van der Waals surface area contributed by atoms with Crippen molar-refractivity contribution < 1.29 is 14.6 Å². The summed E-state index contributed by atoms with van der Waals surface area (Å²) in [5, 5.41) is 11.0. The van der Waals surface area contributed by atoms with Gasteiger partial charge in [-0.15, -0.1) is 0 Å². The number of hydrogen-bond acceptors (Lipinski definition) is 3.